The van der Waals surface area contributed by atoms with Crippen molar-refractivity contribution < 1.29 is 9.13 Å². The molecule has 3 aromatic rings. The van der Waals surface area contributed by atoms with E-state index >= 15 is 0 Å². The van der Waals surface area contributed by atoms with Crippen molar-refractivity contribution in [1.82, 2.24) is 15.0 Å². The van der Waals surface area contributed by atoms with Crippen LogP contribution in [0.1, 0.15) is 17.8 Å². The molecule has 0 unspecified atom stereocenters. The summed E-state index contributed by atoms with van der Waals surface area (Å²) in [7, 11) is 1.64. The number of nitrogens with two attached hydrogens (primary N) is 1. The van der Waals surface area contributed by atoms with E-state index < -0.39 is 0 Å². The summed E-state index contributed by atoms with van der Waals surface area (Å²) in [5, 5.41) is 1.46. The van der Waals surface area contributed by atoms with E-state index in [1.165, 1.54) is 11.1 Å². The van der Waals surface area contributed by atoms with Crippen molar-refractivity contribution in [1.29, 1.82) is 0 Å². The standard InChI is InChI=1S/C25H24FN5O/c1-32-23-12-6-5-10-21(23)20-15-29-24(30-16-20)14-18-9-7-13-28-25(18)31(27)17-19-8-3-2-4-11-22(19)26/h2,4-13,15-16H,3,14,17,27H2,1H3. The molecule has 0 spiro atoms. The van der Waals surface area contributed by atoms with E-state index in [1.807, 2.05) is 48.6 Å². The summed E-state index contributed by atoms with van der Waals surface area (Å²) in [6.45, 7) is 0.210. The molecular weight excluding hydrogens is 405 g/mol. The first-order valence-corrected chi connectivity index (χ1v) is 10.3. The summed E-state index contributed by atoms with van der Waals surface area (Å²) < 4.78 is 19.7. The van der Waals surface area contributed by atoms with E-state index in [1.54, 1.807) is 31.8 Å². The molecule has 1 aromatic carbocycles. The minimum Gasteiger partial charge on any atom is -0.496 e. The zero-order chi connectivity index (χ0) is 22.3. The lowest BCUT2D eigenvalue weighted by atomic mass is 10.1. The summed E-state index contributed by atoms with van der Waals surface area (Å²) in [5.74, 6) is 7.96. The summed E-state index contributed by atoms with van der Waals surface area (Å²) in [5.41, 5.74) is 3.19. The van der Waals surface area contributed by atoms with E-state index in [9.17, 15) is 4.39 Å². The van der Waals surface area contributed by atoms with Gasteiger partial charge in [-0.15, -0.1) is 0 Å². The number of benzene rings is 1. The Bertz CT molecular complexity index is 1170. The van der Waals surface area contributed by atoms with E-state index in [0.717, 1.165) is 22.4 Å². The predicted molar refractivity (Wildman–Crippen MR) is 124 cm³/mol. The molecule has 32 heavy (non-hydrogen) atoms. The third-order valence-corrected chi connectivity index (χ3v) is 5.14. The smallest absolute Gasteiger partial charge is 0.146 e. The minimum atomic E-state index is -0.290. The Morgan fingerprint density at radius 1 is 1.09 bits per heavy atom. The van der Waals surface area contributed by atoms with Crippen LogP contribution in [-0.2, 0) is 6.42 Å². The fourth-order valence-electron chi connectivity index (χ4n) is 3.51. The van der Waals surface area contributed by atoms with Crippen LogP contribution in [0.25, 0.3) is 11.1 Å². The number of hydrogen-bond acceptors (Lipinski definition) is 6. The number of anilines is 1. The van der Waals surface area contributed by atoms with Crippen molar-refractivity contribution in [3.63, 3.8) is 0 Å². The quantitative estimate of drug-likeness (QED) is 0.438. The second-order valence-corrected chi connectivity index (χ2v) is 7.29. The highest BCUT2D eigenvalue weighted by atomic mass is 19.1. The molecule has 0 bridgehead atoms. The zero-order valence-electron chi connectivity index (χ0n) is 17.8. The Morgan fingerprint density at radius 2 is 1.91 bits per heavy atom. The molecule has 2 N–H and O–H groups in total. The third-order valence-electron chi connectivity index (χ3n) is 5.14. The molecule has 1 aliphatic carbocycles. The van der Waals surface area contributed by atoms with Gasteiger partial charge in [0.25, 0.3) is 0 Å². The number of ether oxygens (including phenoxy) is 1. The van der Waals surface area contributed by atoms with Gasteiger partial charge in [-0.05, 0) is 24.6 Å². The van der Waals surface area contributed by atoms with E-state index in [2.05, 4.69) is 15.0 Å². The highest BCUT2D eigenvalue weighted by molar-refractivity contribution is 5.68. The molecule has 0 atom stereocenters. The van der Waals surface area contributed by atoms with Crippen molar-refractivity contribution in [3.05, 3.63) is 102 Å². The monoisotopic (exact) mass is 429 g/mol. The number of rotatable bonds is 7. The van der Waals surface area contributed by atoms with Crippen LogP contribution in [0, 0.1) is 0 Å². The topological polar surface area (TPSA) is 77.2 Å². The number of halogens is 1. The van der Waals surface area contributed by atoms with Crippen molar-refractivity contribution in [2.45, 2.75) is 12.8 Å². The van der Waals surface area contributed by atoms with Crippen molar-refractivity contribution >= 4 is 5.82 Å². The first-order chi connectivity index (χ1) is 15.7. The molecule has 2 aromatic heterocycles. The van der Waals surface area contributed by atoms with Gasteiger partial charge in [0, 0.05) is 47.3 Å². The Labute approximate surface area is 186 Å². The first kappa shape index (κ1) is 21.4. The number of allylic oxidation sites excluding steroid dienone is 4. The molecule has 0 amide bonds. The highest BCUT2D eigenvalue weighted by Crippen LogP contribution is 2.29. The maximum Gasteiger partial charge on any atom is 0.146 e. The number of hydrazine groups is 1. The van der Waals surface area contributed by atoms with Gasteiger partial charge in [-0.3, -0.25) is 5.01 Å². The minimum absolute atomic E-state index is 0.210. The van der Waals surface area contributed by atoms with Gasteiger partial charge >= 0.3 is 0 Å². The summed E-state index contributed by atoms with van der Waals surface area (Å²) in [6, 6.07) is 11.5. The average Bonchev–Trinajstić information content (AvgIpc) is 3.03. The van der Waals surface area contributed by atoms with Crippen LogP contribution in [-0.4, -0.2) is 28.6 Å². The fraction of sp³-hybridized carbons (Fsp3) is 0.160. The van der Waals surface area contributed by atoms with Crippen molar-refractivity contribution in [2.24, 2.45) is 5.84 Å². The SMILES string of the molecule is COc1ccccc1-c1cnc(Cc2cccnc2N(N)CC2=CCC=CC=C2F)nc1. The first-order valence-electron chi connectivity index (χ1n) is 10.3. The summed E-state index contributed by atoms with van der Waals surface area (Å²) in [6.07, 6.45) is 13.2. The molecule has 0 radical (unpaired) electrons. The number of nitrogens with zero attached hydrogens (tertiary/aromatic N) is 4. The molecule has 0 saturated carbocycles. The molecule has 0 aliphatic heterocycles. The Kier molecular flexibility index (Phi) is 6.67. The van der Waals surface area contributed by atoms with Gasteiger partial charge in [-0.2, -0.15) is 0 Å². The average molecular weight is 429 g/mol. The van der Waals surface area contributed by atoms with E-state index in [0.29, 0.717) is 30.1 Å². The molecule has 1 aliphatic rings. The molecule has 0 fully saturated rings. The van der Waals surface area contributed by atoms with Crippen LogP contribution in [0.2, 0.25) is 0 Å². The Balaban J connectivity index is 1.52. The Hall–Kier alpha value is -3.84. The number of methoxy groups -OCH3 is 1. The molecule has 7 heteroatoms. The van der Waals surface area contributed by atoms with Crippen LogP contribution in [0.5, 0.6) is 5.75 Å². The van der Waals surface area contributed by atoms with Crippen LogP contribution in [0.3, 0.4) is 0 Å². The molecule has 162 valence electrons. The van der Waals surface area contributed by atoms with Gasteiger partial charge in [0.2, 0.25) is 0 Å². The lowest BCUT2D eigenvalue weighted by Gasteiger charge is -2.21. The maximum atomic E-state index is 14.3. The molecule has 0 saturated heterocycles. The van der Waals surface area contributed by atoms with Gasteiger partial charge in [-0.25, -0.2) is 25.2 Å². The van der Waals surface area contributed by atoms with Crippen LogP contribution in [0.15, 0.2) is 90.7 Å². The van der Waals surface area contributed by atoms with Gasteiger partial charge in [0.15, 0.2) is 0 Å². The van der Waals surface area contributed by atoms with Crippen molar-refractivity contribution in [2.75, 3.05) is 18.7 Å². The maximum absolute atomic E-state index is 14.3. The third kappa shape index (κ3) is 4.90. The number of aromatic nitrogens is 3. The zero-order valence-corrected chi connectivity index (χ0v) is 17.8. The highest BCUT2D eigenvalue weighted by Gasteiger charge is 2.15. The molecule has 4 rings (SSSR count). The lowest BCUT2D eigenvalue weighted by Crippen LogP contribution is -2.34. The number of para-hydroxylation sites is 1. The van der Waals surface area contributed by atoms with Gasteiger partial charge in [-0.1, -0.05) is 42.5 Å². The van der Waals surface area contributed by atoms with Gasteiger partial charge < -0.3 is 4.74 Å². The molecular formula is C25H24FN5O. The second-order valence-electron chi connectivity index (χ2n) is 7.29. The van der Waals surface area contributed by atoms with Gasteiger partial charge in [0.05, 0.1) is 13.7 Å². The summed E-state index contributed by atoms with van der Waals surface area (Å²) in [4.78, 5) is 13.5. The second kappa shape index (κ2) is 9.98. The van der Waals surface area contributed by atoms with Crippen LogP contribution < -0.4 is 15.6 Å². The fourth-order valence-corrected chi connectivity index (χ4v) is 3.51. The normalized spacial score (nSPS) is 13.2. The molecule has 6 nitrogen and oxygen atoms in total. The number of hydrogen-bond donors (Lipinski definition) is 1. The van der Waals surface area contributed by atoms with Crippen LogP contribution in [0.4, 0.5) is 10.2 Å². The lowest BCUT2D eigenvalue weighted by molar-refractivity contribution is 0.416. The van der Waals surface area contributed by atoms with Gasteiger partial charge in [0.1, 0.15) is 23.2 Å². The van der Waals surface area contributed by atoms with Crippen LogP contribution >= 0.6 is 0 Å². The van der Waals surface area contributed by atoms with E-state index in [-0.39, 0.29) is 12.4 Å². The summed E-state index contributed by atoms with van der Waals surface area (Å²) >= 11 is 0. The number of pyridine rings is 1. The molecule has 2 heterocycles. The predicted octanol–water partition coefficient (Wildman–Crippen LogP) is 4.56. The Morgan fingerprint density at radius 3 is 2.72 bits per heavy atom. The van der Waals surface area contributed by atoms with E-state index in [4.69, 9.17) is 10.6 Å². The van der Waals surface area contributed by atoms with Crippen molar-refractivity contribution in [3.8, 4) is 16.9 Å². The largest absolute Gasteiger partial charge is 0.496 e.